The second kappa shape index (κ2) is 4.93. The number of aliphatic hydroxyl groups is 1. The van der Waals surface area contributed by atoms with Gasteiger partial charge in [0.2, 0.25) is 0 Å². The van der Waals surface area contributed by atoms with Gasteiger partial charge < -0.3 is 14.8 Å². The lowest BCUT2D eigenvalue weighted by molar-refractivity contribution is 0.203. The molecule has 0 spiro atoms. The standard InChI is InChI=1S/C15H18BrNO2/c1-10(17-8-15(9-18)4-5-15)14-7-11-6-12(16)2-3-13(11)19-14/h2-3,6-7,10,17-18H,4-5,8-9H2,1H3. The van der Waals surface area contributed by atoms with E-state index in [0.717, 1.165) is 40.6 Å². The van der Waals surface area contributed by atoms with E-state index < -0.39 is 0 Å². The highest BCUT2D eigenvalue weighted by Crippen LogP contribution is 2.44. The fourth-order valence-electron chi connectivity index (χ4n) is 2.29. The molecule has 4 heteroatoms. The molecule has 1 atom stereocenters. The molecular formula is C15H18BrNO2. The Hall–Kier alpha value is -0.840. The van der Waals surface area contributed by atoms with Crippen molar-refractivity contribution in [1.29, 1.82) is 0 Å². The molecule has 1 heterocycles. The third-order valence-electron chi connectivity index (χ3n) is 4.00. The minimum absolute atomic E-state index is 0.128. The Bertz CT molecular complexity index is 589. The number of hydrogen-bond acceptors (Lipinski definition) is 3. The molecule has 1 unspecified atom stereocenters. The van der Waals surface area contributed by atoms with E-state index in [1.807, 2.05) is 12.1 Å². The first kappa shape index (κ1) is 13.2. The van der Waals surface area contributed by atoms with Gasteiger partial charge in [0.15, 0.2) is 0 Å². The van der Waals surface area contributed by atoms with Crippen LogP contribution in [0, 0.1) is 5.41 Å². The quantitative estimate of drug-likeness (QED) is 0.883. The fraction of sp³-hybridized carbons (Fsp3) is 0.467. The van der Waals surface area contributed by atoms with Crippen LogP contribution < -0.4 is 5.32 Å². The van der Waals surface area contributed by atoms with Crippen LogP contribution in [0.4, 0.5) is 0 Å². The molecule has 0 amide bonds. The Kier molecular flexibility index (Phi) is 3.41. The van der Waals surface area contributed by atoms with Gasteiger partial charge in [-0.1, -0.05) is 15.9 Å². The number of nitrogens with one attached hydrogen (secondary N) is 1. The van der Waals surface area contributed by atoms with Gasteiger partial charge >= 0.3 is 0 Å². The maximum atomic E-state index is 9.32. The van der Waals surface area contributed by atoms with E-state index in [1.165, 1.54) is 0 Å². The summed E-state index contributed by atoms with van der Waals surface area (Å²) in [4.78, 5) is 0. The van der Waals surface area contributed by atoms with Crippen molar-refractivity contribution in [3.8, 4) is 0 Å². The van der Waals surface area contributed by atoms with Gasteiger partial charge in [-0.25, -0.2) is 0 Å². The summed E-state index contributed by atoms with van der Waals surface area (Å²) in [5, 5.41) is 13.9. The first-order valence-electron chi connectivity index (χ1n) is 6.65. The van der Waals surface area contributed by atoms with Gasteiger partial charge in [0.05, 0.1) is 6.04 Å². The van der Waals surface area contributed by atoms with Crippen LogP contribution >= 0.6 is 15.9 Å². The lowest BCUT2D eigenvalue weighted by Gasteiger charge is -2.16. The molecule has 0 bridgehead atoms. The SMILES string of the molecule is CC(NCC1(CO)CC1)c1cc2cc(Br)ccc2o1. The molecule has 1 fully saturated rings. The van der Waals surface area contributed by atoms with Crippen LogP contribution in [0.2, 0.25) is 0 Å². The third kappa shape index (κ3) is 2.71. The summed E-state index contributed by atoms with van der Waals surface area (Å²) in [5.74, 6) is 0.946. The lowest BCUT2D eigenvalue weighted by atomic mass is 10.1. The summed E-state index contributed by atoms with van der Waals surface area (Å²) in [5.41, 5.74) is 1.04. The molecule has 2 N–H and O–H groups in total. The maximum Gasteiger partial charge on any atom is 0.134 e. The lowest BCUT2D eigenvalue weighted by Crippen LogP contribution is -2.28. The molecule has 3 rings (SSSR count). The van der Waals surface area contributed by atoms with Gasteiger partial charge in [0.1, 0.15) is 11.3 Å². The molecule has 1 aliphatic rings. The molecule has 2 aromatic rings. The molecule has 0 radical (unpaired) electrons. The minimum atomic E-state index is 0.128. The molecule has 0 saturated heterocycles. The average molecular weight is 324 g/mol. The summed E-state index contributed by atoms with van der Waals surface area (Å²) < 4.78 is 6.92. The second-order valence-corrected chi connectivity index (χ2v) is 6.51. The number of hydrogen-bond donors (Lipinski definition) is 2. The molecule has 1 aromatic carbocycles. The average Bonchev–Trinajstić information content (AvgIpc) is 3.07. The number of halogens is 1. The van der Waals surface area contributed by atoms with E-state index in [-0.39, 0.29) is 18.1 Å². The van der Waals surface area contributed by atoms with Crippen LogP contribution in [0.25, 0.3) is 11.0 Å². The normalized spacial score (nSPS) is 18.7. The highest BCUT2D eigenvalue weighted by atomic mass is 79.9. The molecule has 19 heavy (non-hydrogen) atoms. The van der Waals surface area contributed by atoms with Crippen molar-refractivity contribution in [2.45, 2.75) is 25.8 Å². The highest BCUT2D eigenvalue weighted by molar-refractivity contribution is 9.10. The van der Waals surface area contributed by atoms with Crippen molar-refractivity contribution >= 4 is 26.9 Å². The first-order valence-corrected chi connectivity index (χ1v) is 7.44. The van der Waals surface area contributed by atoms with Crippen LogP contribution in [0.15, 0.2) is 33.2 Å². The zero-order valence-electron chi connectivity index (χ0n) is 10.9. The van der Waals surface area contributed by atoms with Gasteiger partial charge in [-0.05, 0) is 44.0 Å². The van der Waals surface area contributed by atoms with Crippen molar-refractivity contribution in [2.24, 2.45) is 5.41 Å². The summed E-state index contributed by atoms with van der Waals surface area (Å²) in [6.07, 6.45) is 2.24. The van der Waals surface area contributed by atoms with Gasteiger partial charge in [-0.2, -0.15) is 0 Å². The number of furan rings is 1. The summed E-state index contributed by atoms with van der Waals surface area (Å²) in [7, 11) is 0. The number of aliphatic hydroxyl groups excluding tert-OH is 1. The topological polar surface area (TPSA) is 45.4 Å². The van der Waals surface area contributed by atoms with Crippen molar-refractivity contribution in [3.05, 3.63) is 34.5 Å². The zero-order chi connectivity index (χ0) is 13.5. The smallest absolute Gasteiger partial charge is 0.134 e. The predicted molar refractivity (Wildman–Crippen MR) is 79.1 cm³/mol. The minimum Gasteiger partial charge on any atom is -0.459 e. The summed E-state index contributed by atoms with van der Waals surface area (Å²) in [6, 6.07) is 8.27. The van der Waals surface area contributed by atoms with Crippen LogP contribution in [-0.2, 0) is 0 Å². The first-order chi connectivity index (χ1) is 9.12. The van der Waals surface area contributed by atoms with Gasteiger partial charge in [0.25, 0.3) is 0 Å². The Labute approximate surface area is 121 Å². The maximum absolute atomic E-state index is 9.32. The molecule has 0 aliphatic heterocycles. The number of fused-ring (bicyclic) bond motifs is 1. The van der Waals surface area contributed by atoms with Gasteiger partial charge in [-0.3, -0.25) is 0 Å². The van der Waals surface area contributed by atoms with Crippen molar-refractivity contribution in [3.63, 3.8) is 0 Å². The van der Waals surface area contributed by atoms with Crippen LogP contribution in [0.3, 0.4) is 0 Å². The number of rotatable bonds is 5. The Balaban J connectivity index is 1.72. The van der Waals surface area contributed by atoms with E-state index in [9.17, 15) is 5.11 Å². The third-order valence-corrected chi connectivity index (χ3v) is 4.49. The monoisotopic (exact) mass is 323 g/mol. The Morgan fingerprint density at radius 2 is 2.21 bits per heavy atom. The molecule has 102 valence electrons. The molecule has 3 nitrogen and oxygen atoms in total. The Morgan fingerprint density at radius 3 is 2.89 bits per heavy atom. The summed E-state index contributed by atoms with van der Waals surface area (Å²) >= 11 is 3.47. The molecule has 1 aromatic heterocycles. The highest BCUT2D eigenvalue weighted by Gasteiger charge is 2.41. The van der Waals surface area contributed by atoms with E-state index in [2.05, 4.69) is 40.3 Å². The predicted octanol–water partition coefficient (Wildman–Crippen LogP) is 3.62. The zero-order valence-corrected chi connectivity index (χ0v) is 12.5. The fourth-order valence-corrected chi connectivity index (χ4v) is 2.66. The van der Waals surface area contributed by atoms with Crippen LogP contribution in [0.5, 0.6) is 0 Å². The van der Waals surface area contributed by atoms with Crippen molar-refractivity contribution in [1.82, 2.24) is 5.32 Å². The molecule has 1 aliphatic carbocycles. The van der Waals surface area contributed by atoms with Crippen LogP contribution in [0.1, 0.15) is 31.6 Å². The van der Waals surface area contributed by atoms with Crippen molar-refractivity contribution < 1.29 is 9.52 Å². The largest absolute Gasteiger partial charge is 0.459 e. The van der Waals surface area contributed by atoms with E-state index in [0.29, 0.717) is 0 Å². The second-order valence-electron chi connectivity index (χ2n) is 5.59. The number of benzene rings is 1. The van der Waals surface area contributed by atoms with E-state index in [1.54, 1.807) is 0 Å². The Morgan fingerprint density at radius 1 is 1.42 bits per heavy atom. The van der Waals surface area contributed by atoms with Gasteiger partial charge in [-0.15, -0.1) is 0 Å². The van der Waals surface area contributed by atoms with E-state index in [4.69, 9.17) is 4.42 Å². The molecule has 1 saturated carbocycles. The van der Waals surface area contributed by atoms with Gasteiger partial charge in [0, 0.05) is 28.4 Å². The summed E-state index contributed by atoms with van der Waals surface area (Å²) in [6.45, 7) is 3.23. The van der Waals surface area contributed by atoms with Crippen molar-refractivity contribution in [2.75, 3.05) is 13.2 Å². The molecular weight excluding hydrogens is 306 g/mol. The van der Waals surface area contributed by atoms with Crippen LogP contribution in [-0.4, -0.2) is 18.3 Å². The van der Waals surface area contributed by atoms with E-state index >= 15 is 0 Å².